The summed E-state index contributed by atoms with van der Waals surface area (Å²) in [4.78, 5) is 5.27. The Morgan fingerprint density at radius 1 is 1.00 bits per heavy atom. The number of hydrogen-bond donors (Lipinski definition) is 1. The minimum absolute atomic E-state index is 0.356. The number of aromatic hydroxyl groups is 1. The van der Waals surface area contributed by atoms with Gasteiger partial charge in [-0.1, -0.05) is 12.1 Å². The third-order valence-electron chi connectivity index (χ3n) is 6.30. The van der Waals surface area contributed by atoms with E-state index in [9.17, 15) is 5.11 Å². The van der Waals surface area contributed by atoms with Crippen LogP contribution in [0.1, 0.15) is 31.2 Å². The zero-order valence-corrected chi connectivity index (χ0v) is 13.9. The van der Waals surface area contributed by atoms with Crippen molar-refractivity contribution < 1.29 is 9.84 Å². The molecule has 4 heteroatoms. The molecule has 1 unspecified atom stereocenters. The average molecular weight is 316 g/mol. The van der Waals surface area contributed by atoms with Crippen molar-refractivity contribution in [1.29, 1.82) is 0 Å². The highest BCUT2D eigenvalue weighted by Gasteiger charge is 2.50. The maximum atomic E-state index is 9.40. The summed E-state index contributed by atoms with van der Waals surface area (Å²) in [5, 5.41) is 9.40. The van der Waals surface area contributed by atoms with E-state index in [2.05, 4.69) is 9.80 Å². The summed E-state index contributed by atoms with van der Waals surface area (Å²) in [6.07, 6.45) is 5.49. The molecule has 1 atom stereocenters. The Hall–Kier alpha value is -1.10. The number of morpholine rings is 1. The molecule has 2 heterocycles. The van der Waals surface area contributed by atoms with Crippen LogP contribution in [0.25, 0.3) is 0 Å². The van der Waals surface area contributed by atoms with Crippen molar-refractivity contribution in [2.24, 2.45) is 5.41 Å². The van der Waals surface area contributed by atoms with E-state index < -0.39 is 0 Å². The minimum atomic E-state index is 0.356. The molecule has 4 rings (SSSR count). The van der Waals surface area contributed by atoms with Gasteiger partial charge in [0.15, 0.2) is 0 Å². The SMILES string of the molecule is Oc1ccc(CN2CCC3(CCC3N3CCOCC3)CC2)cc1. The molecule has 2 saturated heterocycles. The van der Waals surface area contributed by atoms with Crippen molar-refractivity contribution in [3.05, 3.63) is 29.8 Å². The second-order valence-electron chi connectivity index (χ2n) is 7.51. The zero-order chi connectivity index (χ0) is 15.7. The highest BCUT2D eigenvalue weighted by atomic mass is 16.5. The van der Waals surface area contributed by atoms with E-state index in [1.54, 1.807) is 12.1 Å². The van der Waals surface area contributed by atoms with Gasteiger partial charge in [-0.2, -0.15) is 0 Å². The van der Waals surface area contributed by atoms with Gasteiger partial charge >= 0.3 is 0 Å². The van der Waals surface area contributed by atoms with E-state index in [0.717, 1.165) is 38.9 Å². The van der Waals surface area contributed by atoms with Crippen molar-refractivity contribution >= 4 is 0 Å². The number of phenols is 1. The monoisotopic (exact) mass is 316 g/mol. The second kappa shape index (κ2) is 6.42. The number of nitrogens with zero attached hydrogens (tertiary/aromatic N) is 2. The molecule has 1 saturated carbocycles. The van der Waals surface area contributed by atoms with Crippen molar-refractivity contribution in [2.45, 2.75) is 38.3 Å². The lowest BCUT2D eigenvalue weighted by atomic mass is 9.58. The lowest BCUT2D eigenvalue weighted by Crippen LogP contribution is -2.61. The maximum absolute atomic E-state index is 9.40. The van der Waals surface area contributed by atoms with E-state index in [4.69, 9.17) is 4.74 Å². The molecule has 0 aromatic heterocycles. The van der Waals surface area contributed by atoms with Gasteiger partial charge in [-0.25, -0.2) is 0 Å². The fourth-order valence-electron chi connectivity index (χ4n) is 4.74. The first-order valence-electron chi connectivity index (χ1n) is 9.07. The molecule has 23 heavy (non-hydrogen) atoms. The van der Waals surface area contributed by atoms with Crippen LogP contribution in [-0.2, 0) is 11.3 Å². The van der Waals surface area contributed by atoms with Crippen molar-refractivity contribution in [3.63, 3.8) is 0 Å². The van der Waals surface area contributed by atoms with Gasteiger partial charge in [0.05, 0.1) is 13.2 Å². The number of benzene rings is 1. The molecule has 3 fully saturated rings. The molecule has 126 valence electrons. The highest BCUT2D eigenvalue weighted by Crippen LogP contribution is 2.51. The summed E-state index contributed by atoms with van der Waals surface area (Å²) in [7, 11) is 0. The molecule has 1 aromatic carbocycles. The zero-order valence-electron chi connectivity index (χ0n) is 13.9. The summed E-state index contributed by atoms with van der Waals surface area (Å²) in [6.45, 7) is 7.52. The lowest BCUT2D eigenvalue weighted by molar-refractivity contribution is -0.0976. The van der Waals surface area contributed by atoms with E-state index in [-0.39, 0.29) is 0 Å². The fraction of sp³-hybridized carbons (Fsp3) is 0.684. The van der Waals surface area contributed by atoms with Gasteiger partial charge in [-0.15, -0.1) is 0 Å². The van der Waals surface area contributed by atoms with Crippen LogP contribution in [0.5, 0.6) is 5.75 Å². The van der Waals surface area contributed by atoms with Crippen LogP contribution in [0.4, 0.5) is 0 Å². The third kappa shape index (κ3) is 3.12. The van der Waals surface area contributed by atoms with Gasteiger partial charge in [-0.3, -0.25) is 9.80 Å². The summed E-state index contributed by atoms with van der Waals surface area (Å²) in [5.74, 6) is 0.356. The first kappa shape index (κ1) is 15.4. The topological polar surface area (TPSA) is 35.9 Å². The van der Waals surface area contributed by atoms with Crippen LogP contribution < -0.4 is 0 Å². The van der Waals surface area contributed by atoms with Crippen LogP contribution >= 0.6 is 0 Å². The number of hydrogen-bond acceptors (Lipinski definition) is 4. The van der Waals surface area contributed by atoms with E-state index in [1.807, 2.05) is 12.1 Å². The number of likely N-dealkylation sites (tertiary alicyclic amines) is 1. The largest absolute Gasteiger partial charge is 0.508 e. The Balaban J connectivity index is 1.32. The van der Waals surface area contributed by atoms with Gasteiger partial charge in [0.1, 0.15) is 5.75 Å². The van der Waals surface area contributed by atoms with Gasteiger partial charge < -0.3 is 9.84 Å². The summed E-state index contributed by atoms with van der Waals surface area (Å²) in [5.41, 5.74) is 1.89. The Morgan fingerprint density at radius 2 is 1.70 bits per heavy atom. The van der Waals surface area contributed by atoms with Crippen molar-refractivity contribution in [1.82, 2.24) is 9.80 Å². The van der Waals surface area contributed by atoms with Crippen molar-refractivity contribution in [3.8, 4) is 5.75 Å². The molecule has 0 radical (unpaired) electrons. The van der Waals surface area contributed by atoms with Crippen LogP contribution in [0.2, 0.25) is 0 Å². The highest BCUT2D eigenvalue weighted by molar-refractivity contribution is 5.25. The molecule has 3 aliphatic rings. The number of phenolic OH excluding ortho intramolecular Hbond substituents is 1. The molecular formula is C19H28N2O2. The van der Waals surface area contributed by atoms with Crippen LogP contribution in [0, 0.1) is 5.41 Å². The molecule has 1 aliphatic carbocycles. The predicted octanol–water partition coefficient (Wildman–Crippen LogP) is 2.47. The molecule has 2 aliphatic heterocycles. The van der Waals surface area contributed by atoms with Gasteiger partial charge in [-0.05, 0) is 61.9 Å². The van der Waals surface area contributed by atoms with E-state index >= 15 is 0 Å². The smallest absolute Gasteiger partial charge is 0.115 e. The average Bonchev–Trinajstić information content (AvgIpc) is 2.58. The Labute approximate surface area is 139 Å². The van der Waals surface area contributed by atoms with Crippen LogP contribution in [-0.4, -0.2) is 60.3 Å². The van der Waals surface area contributed by atoms with Gasteiger partial charge in [0, 0.05) is 25.7 Å². The fourth-order valence-corrected chi connectivity index (χ4v) is 4.74. The number of piperidine rings is 1. The Kier molecular flexibility index (Phi) is 4.31. The van der Waals surface area contributed by atoms with Crippen molar-refractivity contribution in [2.75, 3.05) is 39.4 Å². The quantitative estimate of drug-likeness (QED) is 0.929. The summed E-state index contributed by atoms with van der Waals surface area (Å²) >= 11 is 0. The van der Waals surface area contributed by atoms with Gasteiger partial charge in [0.25, 0.3) is 0 Å². The molecule has 0 bridgehead atoms. The first-order valence-corrected chi connectivity index (χ1v) is 9.07. The standard InChI is InChI=1S/C19H28N2O2/c22-17-3-1-16(2-4-17)15-20-9-7-19(8-10-20)6-5-18(19)21-11-13-23-14-12-21/h1-4,18,22H,5-15H2. The predicted molar refractivity (Wildman–Crippen MR) is 90.5 cm³/mol. The molecule has 1 spiro atoms. The molecule has 0 amide bonds. The maximum Gasteiger partial charge on any atom is 0.115 e. The minimum Gasteiger partial charge on any atom is -0.508 e. The van der Waals surface area contributed by atoms with E-state index in [0.29, 0.717) is 11.2 Å². The number of ether oxygens (including phenoxy) is 1. The third-order valence-corrected chi connectivity index (χ3v) is 6.30. The molecule has 4 nitrogen and oxygen atoms in total. The Morgan fingerprint density at radius 3 is 2.30 bits per heavy atom. The summed E-state index contributed by atoms with van der Waals surface area (Å²) < 4.78 is 5.52. The van der Waals surface area contributed by atoms with Crippen LogP contribution in [0.3, 0.4) is 0 Å². The first-order chi connectivity index (χ1) is 11.3. The summed E-state index contributed by atoms with van der Waals surface area (Å²) in [6, 6.07) is 8.48. The Bertz CT molecular complexity index is 517. The second-order valence-corrected chi connectivity index (χ2v) is 7.51. The van der Waals surface area contributed by atoms with Gasteiger partial charge in [0.2, 0.25) is 0 Å². The molecular weight excluding hydrogens is 288 g/mol. The number of rotatable bonds is 3. The molecule has 1 N–H and O–H groups in total. The van der Waals surface area contributed by atoms with Crippen LogP contribution in [0.15, 0.2) is 24.3 Å². The van der Waals surface area contributed by atoms with E-state index in [1.165, 1.54) is 44.3 Å². The normalized spacial score (nSPS) is 28.6. The lowest BCUT2D eigenvalue weighted by Gasteiger charge is -2.58. The molecule has 1 aromatic rings.